The lowest BCUT2D eigenvalue weighted by atomic mass is 10.3. The molecule has 0 fully saturated rings. The molecule has 0 aliphatic rings. The first-order valence-corrected chi connectivity index (χ1v) is 3.71. The summed E-state index contributed by atoms with van der Waals surface area (Å²) in [5.74, 6) is -0.993. The SMILES string of the molecule is C=C(CN(C)CC(C)O)C(=O)O. The minimum Gasteiger partial charge on any atom is -0.478 e. The van der Waals surface area contributed by atoms with Crippen LogP contribution in [0, 0.1) is 0 Å². The summed E-state index contributed by atoms with van der Waals surface area (Å²) in [6, 6.07) is 0. The van der Waals surface area contributed by atoms with E-state index in [-0.39, 0.29) is 12.1 Å². The number of hydrogen-bond donors (Lipinski definition) is 2. The monoisotopic (exact) mass is 173 g/mol. The number of carboxylic acid groups (broad SMARTS) is 1. The molecule has 0 aromatic rings. The molecule has 1 atom stereocenters. The maximum atomic E-state index is 10.3. The molecule has 0 aliphatic carbocycles. The number of aliphatic carboxylic acids is 1. The second kappa shape index (κ2) is 4.90. The van der Waals surface area contributed by atoms with E-state index >= 15 is 0 Å². The van der Waals surface area contributed by atoms with Crippen molar-refractivity contribution >= 4 is 5.97 Å². The number of carboxylic acids is 1. The van der Waals surface area contributed by atoms with Crippen LogP contribution in [-0.2, 0) is 4.79 Å². The molecule has 0 amide bonds. The number of likely N-dealkylation sites (N-methyl/N-ethyl adjacent to an activating group) is 1. The molecule has 0 saturated carbocycles. The number of hydrogen-bond acceptors (Lipinski definition) is 3. The minimum absolute atomic E-state index is 0.137. The zero-order chi connectivity index (χ0) is 9.72. The van der Waals surface area contributed by atoms with Crippen molar-refractivity contribution in [2.45, 2.75) is 13.0 Å². The lowest BCUT2D eigenvalue weighted by molar-refractivity contribution is -0.132. The average molecular weight is 173 g/mol. The molecule has 4 nitrogen and oxygen atoms in total. The van der Waals surface area contributed by atoms with E-state index in [9.17, 15) is 4.79 Å². The summed E-state index contributed by atoms with van der Waals surface area (Å²) in [7, 11) is 1.74. The molecule has 0 spiro atoms. The Morgan fingerprint density at radius 3 is 2.50 bits per heavy atom. The molecule has 2 N–H and O–H groups in total. The van der Waals surface area contributed by atoms with Gasteiger partial charge >= 0.3 is 5.97 Å². The standard InChI is InChI=1S/C8H15NO3/c1-6(8(11)12)4-9(3)5-7(2)10/h7,10H,1,4-5H2,2-3H3,(H,11,12). The van der Waals surface area contributed by atoms with E-state index in [1.54, 1.807) is 18.9 Å². The summed E-state index contributed by atoms with van der Waals surface area (Å²) < 4.78 is 0. The second-order valence-corrected chi connectivity index (χ2v) is 2.95. The topological polar surface area (TPSA) is 60.8 Å². The van der Waals surface area contributed by atoms with Crippen molar-refractivity contribution in [2.24, 2.45) is 0 Å². The van der Waals surface area contributed by atoms with Crippen LogP contribution in [0.3, 0.4) is 0 Å². The molecule has 1 unspecified atom stereocenters. The quantitative estimate of drug-likeness (QED) is 0.572. The van der Waals surface area contributed by atoms with Gasteiger partial charge in [-0.15, -0.1) is 0 Å². The third kappa shape index (κ3) is 4.87. The van der Waals surface area contributed by atoms with E-state index in [0.29, 0.717) is 6.54 Å². The van der Waals surface area contributed by atoms with Gasteiger partial charge in [0.15, 0.2) is 0 Å². The predicted molar refractivity (Wildman–Crippen MR) is 46.0 cm³/mol. The van der Waals surface area contributed by atoms with Gasteiger partial charge in [-0.1, -0.05) is 6.58 Å². The van der Waals surface area contributed by atoms with Gasteiger partial charge in [0.2, 0.25) is 0 Å². The van der Waals surface area contributed by atoms with Crippen LogP contribution >= 0.6 is 0 Å². The fourth-order valence-corrected chi connectivity index (χ4v) is 0.909. The van der Waals surface area contributed by atoms with Crippen LogP contribution in [0.2, 0.25) is 0 Å². The number of nitrogens with zero attached hydrogens (tertiary/aromatic N) is 1. The van der Waals surface area contributed by atoms with Gasteiger partial charge in [-0.25, -0.2) is 4.79 Å². The maximum absolute atomic E-state index is 10.3. The molecule has 12 heavy (non-hydrogen) atoms. The summed E-state index contributed by atoms with van der Waals surface area (Å²) in [4.78, 5) is 12.0. The number of carbonyl (C=O) groups is 1. The van der Waals surface area contributed by atoms with Gasteiger partial charge in [-0.05, 0) is 14.0 Å². The van der Waals surface area contributed by atoms with E-state index in [0.717, 1.165) is 0 Å². The van der Waals surface area contributed by atoms with Crippen LogP contribution in [-0.4, -0.2) is 47.3 Å². The van der Waals surface area contributed by atoms with Gasteiger partial charge in [-0.2, -0.15) is 0 Å². The van der Waals surface area contributed by atoms with E-state index < -0.39 is 12.1 Å². The fourth-order valence-electron chi connectivity index (χ4n) is 0.909. The van der Waals surface area contributed by atoms with Gasteiger partial charge < -0.3 is 10.2 Å². The highest BCUT2D eigenvalue weighted by Crippen LogP contribution is 1.95. The number of aliphatic hydroxyl groups is 1. The molecule has 0 aromatic carbocycles. The predicted octanol–water partition coefficient (Wildman–Crippen LogP) is -0.0602. The molecule has 0 aromatic heterocycles. The number of aliphatic hydroxyl groups excluding tert-OH is 1. The number of rotatable bonds is 5. The van der Waals surface area contributed by atoms with Crippen LogP contribution in [0.15, 0.2) is 12.2 Å². The van der Waals surface area contributed by atoms with Crippen LogP contribution in [0.5, 0.6) is 0 Å². The van der Waals surface area contributed by atoms with Crippen molar-refractivity contribution < 1.29 is 15.0 Å². The van der Waals surface area contributed by atoms with Crippen molar-refractivity contribution in [1.29, 1.82) is 0 Å². The Kier molecular flexibility index (Phi) is 4.54. The lowest BCUT2D eigenvalue weighted by Crippen LogP contribution is -2.30. The summed E-state index contributed by atoms with van der Waals surface area (Å²) in [5, 5.41) is 17.4. The highest BCUT2D eigenvalue weighted by atomic mass is 16.4. The summed E-state index contributed by atoms with van der Waals surface area (Å²) in [6.45, 7) is 5.76. The van der Waals surface area contributed by atoms with Gasteiger partial charge in [-0.3, -0.25) is 4.90 Å². The van der Waals surface area contributed by atoms with E-state index in [1.165, 1.54) is 0 Å². The van der Waals surface area contributed by atoms with Crippen molar-refractivity contribution in [3.05, 3.63) is 12.2 Å². The second-order valence-electron chi connectivity index (χ2n) is 2.95. The Morgan fingerprint density at radius 2 is 2.17 bits per heavy atom. The Morgan fingerprint density at radius 1 is 1.67 bits per heavy atom. The van der Waals surface area contributed by atoms with E-state index in [1.807, 2.05) is 0 Å². The Labute approximate surface area is 72.1 Å². The van der Waals surface area contributed by atoms with Crippen molar-refractivity contribution in [3.63, 3.8) is 0 Å². The highest BCUT2D eigenvalue weighted by molar-refractivity contribution is 5.86. The molecule has 0 radical (unpaired) electrons. The van der Waals surface area contributed by atoms with Crippen LogP contribution in [0.1, 0.15) is 6.92 Å². The zero-order valence-corrected chi connectivity index (χ0v) is 7.45. The first-order valence-electron chi connectivity index (χ1n) is 3.71. The Balaban J connectivity index is 3.76. The van der Waals surface area contributed by atoms with Crippen LogP contribution < -0.4 is 0 Å². The average Bonchev–Trinajstić information content (AvgIpc) is 1.84. The molecular formula is C8H15NO3. The third-order valence-electron chi connectivity index (χ3n) is 1.34. The van der Waals surface area contributed by atoms with E-state index in [4.69, 9.17) is 10.2 Å². The minimum atomic E-state index is -0.993. The van der Waals surface area contributed by atoms with Crippen molar-refractivity contribution in [3.8, 4) is 0 Å². The first kappa shape index (κ1) is 11.1. The molecule has 0 rings (SSSR count). The van der Waals surface area contributed by atoms with Crippen molar-refractivity contribution in [2.75, 3.05) is 20.1 Å². The van der Waals surface area contributed by atoms with Crippen LogP contribution in [0.4, 0.5) is 0 Å². The highest BCUT2D eigenvalue weighted by Gasteiger charge is 2.08. The molecule has 4 heteroatoms. The van der Waals surface area contributed by atoms with Crippen molar-refractivity contribution in [1.82, 2.24) is 4.90 Å². The Bertz CT molecular complexity index is 177. The van der Waals surface area contributed by atoms with Gasteiger partial charge in [0.05, 0.1) is 6.10 Å². The summed E-state index contributed by atoms with van der Waals surface area (Å²) >= 11 is 0. The molecular weight excluding hydrogens is 158 g/mol. The normalized spacial score (nSPS) is 13.0. The van der Waals surface area contributed by atoms with Crippen LogP contribution in [0.25, 0.3) is 0 Å². The first-order chi connectivity index (χ1) is 5.43. The molecule has 0 bridgehead atoms. The Hall–Kier alpha value is -0.870. The maximum Gasteiger partial charge on any atom is 0.332 e. The summed E-state index contributed by atoms with van der Waals surface area (Å²) in [5.41, 5.74) is 0.137. The molecule has 70 valence electrons. The van der Waals surface area contributed by atoms with Gasteiger partial charge in [0.1, 0.15) is 0 Å². The van der Waals surface area contributed by atoms with Gasteiger partial charge in [0.25, 0.3) is 0 Å². The largest absolute Gasteiger partial charge is 0.478 e. The third-order valence-corrected chi connectivity index (χ3v) is 1.34. The molecule has 0 aliphatic heterocycles. The summed E-state index contributed by atoms with van der Waals surface area (Å²) in [6.07, 6.45) is -0.448. The van der Waals surface area contributed by atoms with Gasteiger partial charge in [0, 0.05) is 18.7 Å². The smallest absolute Gasteiger partial charge is 0.332 e. The molecule has 0 saturated heterocycles. The lowest BCUT2D eigenvalue weighted by Gasteiger charge is -2.17. The molecule has 0 heterocycles. The zero-order valence-electron chi connectivity index (χ0n) is 7.45. The fraction of sp³-hybridized carbons (Fsp3) is 0.625. The van der Waals surface area contributed by atoms with E-state index in [2.05, 4.69) is 6.58 Å².